The van der Waals surface area contributed by atoms with Gasteiger partial charge < -0.3 is 0 Å². The van der Waals surface area contributed by atoms with Crippen LogP contribution >= 0.6 is 22.9 Å². The smallest absolute Gasteiger partial charge is 0.266 e. The van der Waals surface area contributed by atoms with Crippen molar-refractivity contribution in [2.75, 3.05) is 0 Å². The van der Waals surface area contributed by atoms with E-state index < -0.39 is 0 Å². The van der Waals surface area contributed by atoms with E-state index in [1.165, 1.54) is 29.7 Å². The maximum atomic E-state index is 12.8. The maximum absolute atomic E-state index is 12.8. The molecule has 0 spiro atoms. The van der Waals surface area contributed by atoms with Crippen LogP contribution in [0.25, 0.3) is 10.1 Å². The molecule has 0 saturated carbocycles. The summed E-state index contributed by atoms with van der Waals surface area (Å²) in [7, 11) is 0. The average molecular weight is 347 g/mol. The highest BCUT2D eigenvalue weighted by atomic mass is 35.5. The lowest BCUT2D eigenvalue weighted by Gasteiger charge is -1.97. The van der Waals surface area contributed by atoms with Gasteiger partial charge in [-0.25, -0.2) is 9.82 Å². The minimum absolute atomic E-state index is 0.321. The Morgan fingerprint density at radius 2 is 2.00 bits per heavy atom. The number of amides is 1. The van der Waals surface area contributed by atoms with E-state index in [1.807, 2.05) is 25.1 Å². The summed E-state index contributed by atoms with van der Waals surface area (Å²) < 4.78 is 13.8. The van der Waals surface area contributed by atoms with Crippen molar-refractivity contribution >= 4 is 45.1 Å². The summed E-state index contributed by atoms with van der Waals surface area (Å²) in [6.45, 7) is 1.99. The second kappa shape index (κ2) is 6.48. The lowest BCUT2D eigenvalue weighted by Crippen LogP contribution is -2.16. The monoisotopic (exact) mass is 346 g/mol. The van der Waals surface area contributed by atoms with Gasteiger partial charge in [-0.2, -0.15) is 5.10 Å². The molecule has 0 unspecified atom stereocenters. The van der Waals surface area contributed by atoms with Crippen molar-refractivity contribution in [3.8, 4) is 0 Å². The van der Waals surface area contributed by atoms with Gasteiger partial charge in [0.2, 0.25) is 0 Å². The van der Waals surface area contributed by atoms with E-state index in [0.717, 1.165) is 15.6 Å². The summed E-state index contributed by atoms with van der Waals surface area (Å²) in [4.78, 5) is 12.6. The molecule has 1 amide bonds. The second-order valence-electron chi connectivity index (χ2n) is 5.00. The first-order valence-electron chi connectivity index (χ1n) is 6.82. The molecule has 1 aromatic heterocycles. The van der Waals surface area contributed by atoms with Crippen LogP contribution in [0.3, 0.4) is 0 Å². The minimum atomic E-state index is -0.368. The van der Waals surface area contributed by atoms with E-state index in [9.17, 15) is 9.18 Å². The molecule has 0 saturated heterocycles. The van der Waals surface area contributed by atoms with Crippen LogP contribution in [-0.2, 0) is 0 Å². The van der Waals surface area contributed by atoms with Crippen molar-refractivity contribution in [3.05, 3.63) is 69.3 Å². The number of rotatable bonds is 3. The van der Waals surface area contributed by atoms with E-state index in [1.54, 1.807) is 12.1 Å². The molecule has 0 radical (unpaired) electrons. The molecule has 3 aromatic rings. The maximum Gasteiger partial charge on any atom is 0.283 e. The lowest BCUT2D eigenvalue weighted by atomic mass is 10.2. The van der Waals surface area contributed by atoms with Crippen LogP contribution in [0.4, 0.5) is 4.39 Å². The number of benzene rings is 2. The predicted octanol–water partition coefficient (Wildman–Crippen LogP) is 4.77. The number of hydrazone groups is 1. The first-order chi connectivity index (χ1) is 11.0. The number of halogens is 2. The van der Waals surface area contributed by atoms with Gasteiger partial charge in [-0.1, -0.05) is 35.9 Å². The third kappa shape index (κ3) is 3.41. The number of carbonyl (C=O) groups excluding carboxylic acids is 1. The topological polar surface area (TPSA) is 41.5 Å². The Bertz CT molecular complexity index is 903. The van der Waals surface area contributed by atoms with Gasteiger partial charge in [0.15, 0.2) is 0 Å². The highest BCUT2D eigenvalue weighted by Crippen LogP contribution is 2.35. The summed E-state index contributed by atoms with van der Waals surface area (Å²) in [5.41, 5.74) is 4.23. The van der Waals surface area contributed by atoms with E-state index in [2.05, 4.69) is 10.5 Å². The van der Waals surface area contributed by atoms with Crippen molar-refractivity contribution in [1.82, 2.24) is 5.43 Å². The fraction of sp³-hybridized carbons (Fsp3) is 0.0588. The van der Waals surface area contributed by atoms with Gasteiger partial charge in [0.1, 0.15) is 10.7 Å². The van der Waals surface area contributed by atoms with Crippen molar-refractivity contribution in [3.63, 3.8) is 0 Å². The molecule has 3 nitrogen and oxygen atoms in total. The minimum Gasteiger partial charge on any atom is -0.266 e. The van der Waals surface area contributed by atoms with E-state index in [4.69, 9.17) is 11.6 Å². The molecular weight excluding hydrogens is 335 g/mol. The van der Waals surface area contributed by atoms with E-state index in [-0.39, 0.29) is 11.7 Å². The molecular formula is C17H12ClFN2OS. The molecule has 23 heavy (non-hydrogen) atoms. The molecule has 116 valence electrons. The van der Waals surface area contributed by atoms with Crippen molar-refractivity contribution < 1.29 is 9.18 Å². The van der Waals surface area contributed by atoms with Gasteiger partial charge in [-0.05, 0) is 36.2 Å². The van der Waals surface area contributed by atoms with Gasteiger partial charge in [0, 0.05) is 10.1 Å². The Kier molecular flexibility index (Phi) is 4.41. The highest BCUT2D eigenvalue weighted by molar-refractivity contribution is 7.21. The van der Waals surface area contributed by atoms with Crippen LogP contribution in [0.2, 0.25) is 5.02 Å². The lowest BCUT2D eigenvalue weighted by molar-refractivity contribution is 0.0959. The number of hydrogen-bond acceptors (Lipinski definition) is 3. The molecule has 0 fully saturated rings. The third-order valence-electron chi connectivity index (χ3n) is 3.24. The molecule has 0 bridgehead atoms. The Labute approximate surface area is 141 Å². The van der Waals surface area contributed by atoms with Crippen LogP contribution in [0.15, 0.2) is 47.6 Å². The van der Waals surface area contributed by atoms with Crippen LogP contribution in [0, 0.1) is 12.7 Å². The summed E-state index contributed by atoms with van der Waals surface area (Å²) in [5, 5.41) is 5.16. The molecule has 0 aliphatic rings. The zero-order chi connectivity index (χ0) is 16.4. The number of nitrogens with zero attached hydrogens (tertiary/aromatic N) is 1. The Morgan fingerprint density at radius 3 is 2.74 bits per heavy atom. The largest absolute Gasteiger partial charge is 0.283 e. The normalized spacial score (nSPS) is 11.3. The predicted molar refractivity (Wildman–Crippen MR) is 93.0 cm³/mol. The average Bonchev–Trinajstić information content (AvgIpc) is 2.85. The van der Waals surface area contributed by atoms with E-state index in [0.29, 0.717) is 15.5 Å². The summed E-state index contributed by atoms with van der Waals surface area (Å²) in [6, 6.07) is 11.6. The van der Waals surface area contributed by atoms with Crippen LogP contribution in [0.1, 0.15) is 20.8 Å². The number of carbonyl (C=O) groups is 1. The zero-order valence-electron chi connectivity index (χ0n) is 12.1. The standard InChI is InChI=1S/C17H12ClFN2OS/c1-10-2-7-13-14(8-10)23-16(15(13)18)17(22)21-20-9-11-3-5-12(19)6-4-11/h2-9H,1H3,(H,21,22)/b20-9+. The zero-order valence-corrected chi connectivity index (χ0v) is 13.7. The number of fused-ring (bicyclic) bond motifs is 1. The van der Waals surface area contributed by atoms with Crippen LogP contribution in [0.5, 0.6) is 0 Å². The molecule has 0 aliphatic heterocycles. The first-order valence-corrected chi connectivity index (χ1v) is 8.01. The summed E-state index contributed by atoms with van der Waals surface area (Å²) in [5.74, 6) is -0.689. The second-order valence-corrected chi connectivity index (χ2v) is 6.43. The van der Waals surface area contributed by atoms with Crippen molar-refractivity contribution in [2.24, 2.45) is 5.10 Å². The number of nitrogens with one attached hydrogen (secondary N) is 1. The molecule has 1 N–H and O–H groups in total. The fourth-order valence-electron chi connectivity index (χ4n) is 2.08. The van der Waals surface area contributed by atoms with Crippen molar-refractivity contribution in [1.29, 1.82) is 0 Å². The van der Waals surface area contributed by atoms with Crippen LogP contribution in [-0.4, -0.2) is 12.1 Å². The SMILES string of the molecule is Cc1ccc2c(Cl)c(C(=O)N/N=C/c3ccc(F)cc3)sc2c1. The molecule has 0 atom stereocenters. The molecule has 6 heteroatoms. The number of aryl methyl sites for hydroxylation is 1. The number of hydrogen-bond donors (Lipinski definition) is 1. The van der Waals surface area contributed by atoms with E-state index >= 15 is 0 Å². The Morgan fingerprint density at radius 1 is 1.26 bits per heavy atom. The molecule has 2 aromatic carbocycles. The summed E-state index contributed by atoms with van der Waals surface area (Å²) in [6.07, 6.45) is 1.45. The first kappa shape index (κ1) is 15.6. The van der Waals surface area contributed by atoms with Crippen molar-refractivity contribution in [2.45, 2.75) is 6.92 Å². The van der Waals surface area contributed by atoms with Gasteiger partial charge in [-0.3, -0.25) is 4.79 Å². The molecule has 1 heterocycles. The quantitative estimate of drug-likeness (QED) is 0.539. The fourth-order valence-corrected chi connectivity index (χ4v) is 3.59. The van der Waals surface area contributed by atoms with Gasteiger partial charge in [0.05, 0.1) is 11.2 Å². The van der Waals surface area contributed by atoms with Gasteiger partial charge in [-0.15, -0.1) is 11.3 Å². The Balaban J connectivity index is 1.78. The third-order valence-corrected chi connectivity index (χ3v) is 4.90. The highest BCUT2D eigenvalue weighted by Gasteiger charge is 2.16. The number of thiophene rings is 1. The summed E-state index contributed by atoms with van der Waals surface area (Å²) >= 11 is 7.60. The van der Waals surface area contributed by atoms with Gasteiger partial charge >= 0.3 is 0 Å². The van der Waals surface area contributed by atoms with Gasteiger partial charge in [0.25, 0.3) is 5.91 Å². The molecule has 0 aliphatic carbocycles. The van der Waals surface area contributed by atoms with Crippen LogP contribution < -0.4 is 5.43 Å². The Hall–Kier alpha value is -2.24. The molecule has 3 rings (SSSR count).